The minimum Gasteiger partial charge on any atom is -0.394 e. The lowest BCUT2D eigenvalue weighted by atomic mass is 9.79. The van der Waals surface area contributed by atoms with E-state index < -0.39 is 33.9 Å². The number of primary amides is 1. The number of nitrogens with zero attached hydrogens (tertiary/aromatic N) is 2. The fraction of sp³-hybridized carbons (Fsp3) is 0.462. The molecule has 11 heteroatoms. The third-order valence-corrected chi connectivity index (χ3v) is 9.05. The predicted octanol–water partition coefficient (Wildman–Crippen LogP) is 4.42. The normalized spacial score (nSPS) is 19.7. The second kappa shape index (κ2) is 10.4. The van der Waals surface area contributed by atoms with Gasteiger partial charge in [0.25, 0.3) is 0 Å². The minimum absolute atomic E-state index is 0.0293. The van der Waals surface area contributed by atoms with Crippen molar-refractivity contribution in [3.63, 3.8) is 0 Å². The number of rotatable bonds is 8. The number of aliphatic hydroxyl groups excluding tert-OH is 1. The Hall–Kier alpha value is -2.92. The van der Waals surface area contributed by atoms with Crippen molar-refractivity contribution in [3.8, 4) is 0 Å². The lowest BCUT2D eigenvalue weighted by Crippen LogP contribution is -2.28. The van der Waals surface area contributed by atoms with Gasteiger partial charge in [-0.15, -0.1) is 0 Å². The Morgan fingerprint density at radius 3 is 2.41 bits per heavy atom. The minimum atomic E-state index is -4.18. The summed E-state index contributed by atoms with van der Waals surface area (Å²) in [5, 5.41) is 11.1. The smallest absolute Gasteiger partial charge is 0.391 e. The largest absolute Gasteiger partial charge is 0.394 e. The molecule has 4 rings (SSSR count). The van der Waals surface area contributed by atoms with Gasteiger partial charge in [-0.05, 0) is 74.4 Å². The van der Waals surface area contributed by atoms with E-state index >= 15 is 0 Å². The van der Waals surface area contributed by atoms with E-state index in [1.807, 2.05) is 10.6 Å². The summed E-state index contributed by atoms with van der Waals surface area (Å²) >= 11 is 0. The molecule has 37 heavy (non-hydrogen) atoms. The zero-order valence-electron chi connectivity index (χ0n) is 20.4. The lowest BCUT2D eigenvalue weighted by molar-refractivity contribution is -0.183. The van der Waals surface area contributed by atoms with Crippen molar-refractivity contribution in [2.24, 2.45) is 17.6 Å². The molecule has 1 aromatic carbocycles. The van der Waals surface area contributed by atoms with E-state index in [1.165, 1.54) is 12.3 Å². The zero-order valence-corrected chi connectivity index (χ0v) is 21.2. The second-order valence-corrected chi connectivity index (χ2v) is 11.9. The van der Waals surface area contributed by atoms with Crippen molar-refractivity contribution in [3.05, 3.63) is 59.5 Å². The second-order valence-electron chi connectivity index (χ2n) is 9.63. The first kappa shape index (κ1) is 27.1. The van der Waals surface area contributed by atoms with Gasteiger partial charge in [0.15, 0.2) is 9.84 Å². The SMILES string of the molecule is CCS(=O)(=O)c1ccc([C@H](CO)n2c(CC3CCC(C(F)(F)F)CC3)cc3cc(C(N)=O)ccc32)nc1. The van der Waals surface area contributed by atoms with Crippen LogP contribution in [0.4, 0.5) is 13.2 Å². The Balaban J connectivity index is 1.72. The van der Waals surface area contributed by atoms with E-state index in [1.54, 1.807) is 31.2 Å². The van der Waals surface area contributed by atoms with Gasteiger partial charge in [-0.1, -0.05) is 6.92 Å². The van der Waals surface area contributed by atoms with Crippen LogP contribution in [0.5, 0.6) is 0 Å². The lowest BCUT2D eigenvalue weighted by Gasteiger charge is -2.30. The summed E-state index contributed by atoms with van der Waals surface area (Å²) in [6.45, 7) is 1.20. The van der Waals surface area contributed by atoms with Crippen LogP contribution in [0.2, 0.25) is 0 Å². The molecule has 0 spiro atoms. The average Bonchev–Trinajstić information content (AvgIpc) is 3.21. The summed E-state index contributed by atoms with van der Waals surface area (Å²) < 4.78 is 65.7. The van der Waals surface area contributed by atoms with Crippen LogP contribution in [0, 0.1) is 11.8 Å². The highest BCUT2D eigenvalue weighted by atomic mass is 32.2. The van der Waals surface area contributed by atoms with Crippen LogP contribution in [-0.2, 0) is 16.3 Å². The topological polar surface area (TPSA) is 115 Å². The molecule has 1 saturated carbocycles. The number of alkyl halides is 3. The van der Waals surface area contributed by atoms with Gasteiger partial charge in [-0.25, -0.2) is 8.42 Å². The highest BCUT2D eigenvalue weighted by molar-refractivity contribution is 7.91. The van der Waals surface area contributed by atoms with Crippen molar-refractivity contribution >= 4 is 26.6 Å². The number of benzene rings is 1. The maximum atomic E-state index is 13.2. The number of aliphatic hydroxyl groups is 1. The molecule has 7 nitrogen and oxygen atoms in total. The molecular weight excluding hydrogens is 507 g/mol. The molecule has 1 aliphatic rings. The van der Waals surface area contributed by atoms with Crippen LogP contribution in [0.25, 0.3) is 10.9 Å². The molecule has 1 amide bonds. The molecule has 0 radical (unpaired) electrons. The molecule has 1 fully saturated rings. The van der Waals surface area contributed by atoms with Crippen molar-refractivity contribution in [2.45, 2.75) is 56.1 Å². The molecule has 1 atom stereocenters. The van der Waals surface area contributed by atoms with Gasteiger partial charge < -0.3 is 15.4 Å². The summed E-state index contributed by atoms with van der Waals surface area (Å²) in [5.74, 6) is -1.90. The number of carbonyl (C=O) groups is 1. The Morgan fingerprint density at radius 2 is 1.86 bits per heavy atom. The van der Waals surface area contributed by atoms with Crippen molar-refractivity contribution in [2.75, 3.05) is 12.4 Å². The molecule has 2 aromatic heterocycles. The van der Waals surface area contributed by atoms with Crippen molar-refractivity contribution < 1.29 is 31.5 Å². The molecule has 200 valence electrons. The fourth-order valence-electron chi connectivity index (χ4n) is 5.21. The molecule has 2 heterocycles. The maximum Gasteiger partial charge on any atom is 0.391 e. The van der Waals surface area contributed by atoms with Gasteiger partial charge >= 0.3 is 6.18 Å². The van der Waals surface area contributed by atoms with Gasteiger partial charge in [-0.3, -0.25) is 9.78 Å². The number of fused-ring (bicyclic) bond motifs is 1. The molecule has 0 aliphatic heterocycles. The van der Waals surface area contributed by atoms with E-state index in [0.29, 0.717) is 41.4 Å². The number of carbonyl (C=O) groups excluding carboxylic acids is 1. The molecule has 0 unspecified atom stereocenters. The number of hydrogen-bond acceptors (Lipinski definition) is 5. The summed E-state index contributed by atoms with van der Waals surface area (Å²) in [5.41, 5.74) is 7.70. The summed E-state index contributed by atoms with van der Waals surface area (Å²) in [6.07, 6.45) is -1.39. The number of amides is 1. The molecular formula is C26H30F3N3O4S. The van der Waals surface area contributed by atoms with Crippen LogP contribution in [0.1, 0.15) is 60.4 Å². The zero-order chi connectivity index (χ0) is 27.0. The summed E-state index contributed by atoms with van der Waals surface area (Å²) in [6, 6.07) is 9.17. The molecule has 3 N–H and O–H groups in total. The number of hydrogen-bond donors (Lipinski definition) is 2. The number of sulfone groups is 1. The van der Waals surface area contributed by atoms with Gasteiger partial charge in [0, 0.05) is 28.4 Å². The Kier molecular flexibility index (Phi) is 7.66. The van der Waals surface area contributed by atoms with E-state index in [9.17, 15) is 31.5 Å². The average molecular weight is 538 g/mol. The quantitative estimate of drug-likeness (QED) is 0.441. The molecule has 1 aliphatic carbocycles. The first-order valence-corrected chi connectivity index (χ1v) is 13.9. The van der Waals surface area contributed by atoms with E-state index in [0.717, 1.165) is 5.69 Å². The van der Waals surface area contributed by atoms with Crippen LogP contribution >= 0.6 is 0 Å². The van der Waals surface area contributed by atoms with Crippen LogP contribution in [0.15, 0.2) is 47.5 Å². The predicted molar refractivity (Wildman–Crippen MR) is 133 cm³/mol. The Bertz CT molecular complexity index is 1380. The van der Waals surface area contributed by atoms with E-state index in [-0.39, 0.29) is 36.0 Å². The van der Waals surface area contributed by atoms with Crippen LogP contribution in [0.3, 0.4) is 0 Å². The Labute approximate surface area is 213 Å². The molecule has 0 bridgehead atoms. The number of halogens is 3. The monoisotopic (exact) mass is 537 g/mol. The first-order valence-electron chi connectivity index (χ1n) is 12.2. The highest BCUT2D eigenvalue weighted by Crippen LogP contribution is 2.41. The fourth-order valence-corrected chi connectivity index (χ4v) is 6.03. The standard InChI is InChI=1S/C26H30F3N3O4S/c1-2-37(35,36)21-8-9-22(31-14-21)24(15-33)32-20(11-16-3-6-19(7-4-16)26(27,28)29)13-18-12-17(25(30)34)5-10-23(18)32/h5,8-10,12-14,16,19,24,33H,2-4,6-7,11,15H2,1H3,(H2,30,34)/t16?,19?,24-/m0/s1. The van der Waals surface area contributed by atoms with Gasteiger partial charge in [0.2, 0.25) is 5.91 Å². The number of aromatic nitrogens is 2. The van der Waals surface area contributed by atoms with E-state index in [2.05, 4.69) is 4.98 Å². The highest BCUT2D eigenvalue weighted by Gasteiger charge is 2.41. The molecule has 0 saturated heterocycles. The Morgan fingerprint density at radius 1 is 1.16 bits per heavy atom. The maximum absolute atomic E-state index is 13.2. The van der Waals surface area contributed by atoms with Crippen LogP contribution < -0.4 is 5.73 Å². The third-order valence-electron chi connectivity index (χ3n) is 7.34. The summed E-state index contributed by atoms with van der Waals surface area (Å²) in [7, 11) is -3.45. The van der Waals surface area contributed by atoms with Crippen molar-refractivity contribution in [1.82, 2.24) is 9.55 Å². The van der Waals surface area contributed by atoms with Gasteiger partial charge in [0.05, 0.1) is 34.9 Å². The van der Waals surface area contributed by atoms with Crippen LogP contribution in [-0.4, -0.2) is 47.5 Å². The van der Waals surface area contributed by atoms with Crippen molar-refractivity contribution in [1.29, 1.82) is 0 Å². The number of nitrogens with two attached hydrogens (primary N) is 1. The van der Waals surface area contributed by atoms with Gasteiger partial charge in [-0.2, -0.15) is 13.2 Å². The summed E-state index contributed by atoms with van der Waals surface area (Å²) in [4.78, 5) is 16.2. The first-order chi connectivity index (χ1) is 17.4. The third kappa shape index (κ3) is 5.67. The number of pyridine rings is 1. The molecule has 3 aromatic rings. The van der Waals surface area contributed by atoms with Gasteiger partial charge in [0.1, 0.15) is 0 Å². The van der Waals surface area contributed by atoms with E-state index in [4.69, 9.17) is 5.73 Å².